The lowest BCUT2D eigenvalue weighted by Crippen LogP contribution is -2.10. The summed E-state index contributed by atoms with van der Waals surface area (Å²) in [5.41, 5.74) is 0.856. The van der Waals surface area contributed by atoms with Crippen LogP contribution in [0.15, 0.2) is 10.5 Å². The van der Waals surface area contributed by atoms with Gasteiger partial charge in [0, 0.05) is 24.1 Å². The predicted molar refractivity (Wildman–Crippen MR) is 67.4 cm³/mol. The van der Waals surface area contributed by atoms with Gasteiger partial charge >= 0.3 is 0 Å². The Morgan fingerprint density at radius 3 is 2.71 bits per heavy atom. The van der Waals surface area contributed by atoms with Crippen molar-refractivity contribution in [1.29, 1.82) is 0 Å². The largest absolute Gasteiger partial charge is 0.493 e. The lowest BCUT2D eigenvalue weighted by atomic mass is 9.96. The Labute approximate surface area is 108 Å². The molecule has 0 amide bonds. The third kappa shape index (κ3) is 2.26. The van der Waals surface area contributed by atoms with E-state index in [0.29, 0.717) is 16.0 Å². The predicted octanol–water partition coefficient (Wildman–Crippen LogP) is 2.68. The Morgan fingerprint density at radius 2 is 2.18 bits per heavy atom. The molecule has 0 spiro atoms. The van der Waals surface area contributed by atoms with Gasteiger partial charge in [0.1, 0.15) is 5.82 Å². The molecule has 1 N–H and O–H groups in total. The van der Waals surface area contributed by atoms with Crippen molar-refractivity contribution in [2.75, 3.05) is 27.3 Å². The Bertz CT molecular complexity index is 419. The second-order valence-corrected chi connectivity index (χ2v) is 4.80. The number of hydrogen-bond donors (Lipinski definition) is 1. The summed E-state index contributed by atoms with van der Waals surface area (Å²) in [6, 6.07) is 1.34. The second kappa shape index (κ2) is 5.23. The van der Waals surface area contributed by atoms with Gasteiger partial charge in [0.15, 0.2) is 11.5 Å². The molecule has 0 radical (unpaired) electrons. The molecule has 5 heteroatoms. The van der Waals surface area contributed by atoms with Crippen LogP contribution in [0.3, 0.4) is 0 Å². The van der Waals surface area contributed by atoms with Gasteiger partial charge in [-0.05, 0) is 28.9 Å². The van der Waals surface area contributed by atoms with Gasteiger partial charge in [-0.25, -0.2) is 4.39 Å². The molecule has 1 heterocycles. The molecule has 1 aromatic carbocycles. The van der Waals surface area contributed by atoms with E-state index in [-0.39, 0.29) is 11.7 Å². The summed E-state index contributed by atoms with van der Waals surface area (Å²) in [7, 11) is 3.09. The van der Waals surface area contributed by atoms with Crippen molar-refractivity contribution in [2.45, 2.75) is 12.3 Å². The molecule has 1 aromatic rings. The molecule has 1 fully saturated rings. The third-order valence-electron chi connectivity index (χ3n) is 3.06. The SMILES string of the molecule is COc1cc(F)c(Br)c(C2CCNC2)c1OC. The first-order chi connectivity index (χ1) is 8.19. The highest BCUT2D eigenvalue weighted by atomic mass is 79.9. The van der Waals surface area contributed by atoms with Crippen molar-refractivity contribution in [2.24, 2.45) is 0 Å². The number of rotatable bonds is 3. The maximum atomic E-state index is 13.8. The number of nitrogens with one attached hydrogen (secondary N) is 1. The van der Waals surface area contributed by atoms with Crippen molar-refractivity contribution in [3.8, 4) is 11.5 Å². The zero-order valence-electron chi connectivity index (χ0n) is 9.85. The Hall–Kier alpha value is -0.810. The van der Waals surface area contributed by atoms with Crippen LogP contribution < -0.4 is 14.8 Å². The van der Waals surface area contributed by atoms with Gasteiger partial charge in [-0.1, -0.05) is 0 Å². The zero-order chi connectivity index (χ0) is 12.4. The van der Waals surface area contributed by atoms with Gasteiger partial charge in [-0.15, -0.1) is 0 Å². The number of methoxy groups -OCH3 is 2. The van der Waals surface area contributed by atoms with Crippen LogP contribution in [-0.2, 0) is 0 Å². The van der Waals surface area contributed by atoms with E-state index in [1.54, 1.807) is 7.11 Å². The highest BCUT2D eigenvalue weighted by Crippen LogP contribution is 2.43. The van der Waals surface area contributed by atoms with Gasteiger partial charge in [0.2, 0.25) is 0 Å². The minimum absolute atomic E-state index is 0.254. The maximum Gasteiger partial charge on any atom is 0.165 e. The van der Waals surface area contributed by atoms with Crippen LogP contribution >= 0.6 is 15.9 Å². The molecule has 17 heavy (non-hydrogen) atoms. The Morgan fingerprint density at radius 1 is 1.41 bits per heavy atom. The van der Waals surface area contributed by atoms with Crippen LogP contribution in [0.5, 0.6) is 11.5 Å². The summed E-state index contributed by atoms with van der Waals surface area (Å²) in [6.07, 6.45) is 0.974. The highest BCUT2D eigenvalue weighted by molar-refractivity contribution is 9.10. The van der Waals surface area contributed by atoms with Gasteiger partial charge < -0.3 is 14.8 Å². The van der Waals surface area contributed by atoms with E-state index in [1.807, 2.05) is 0 Å². The molecule has 1 saturated heterocycles. The molecule has 0 bridgehead atoms. The summed E-state index contributed by atoms with van der Waals surface area (Å²) in [5, 5.41) is 3.27. The summed E-state index contributed by atoms with van der Waals surface area (Å²) >= 11 is 3.31. The van der Waals surface area contributed by atoms with E-state index in [0.717, 1.165) is 25.1 Å². The fourth-order valence-corrected chi connectivity index (χ4v) is 2.85. The van der Waals surface area contributed by atoms with Crippen LogP contribution in [0.2, 0.25) is 0 Å². The van der Waals surface area contributed by atoms with Gasteiger partial charge in [0.25, 0.3) is 0 Å². The van der Waals surface area contributed by atoms with Crippen LogP contribution in [0, 0.1) is 5.82 Å². The molecule has 0 saturated carbocycles. The molecular formula is C12H15BrFNO2. The summed E-state index contributed by atoms with van der Waals surface area (Å²) in [5.74, 6) is 0.998. The minimum Gasteiger partial charge on any atom is -0.493 e. The first-order valence-corrected chi connectivity index (χ1v) is 6.29. The fourth-order valence-electron chi connectivity index (χ4n) is 2.23. The van der Waals surface area contributed by atoms with E-state index in [1.165, 1.54) is 13.2 Å². The lowest BCUT2D eigenvalue weighted by Gasteiger charge is -2.19. The first-order valence-electron chi connectivity index (χ1n) is 5.49. The third-order valence-corrected chi connectivity index (χ3v) is 3.87. The highest BCUT2D eigenvalue weighted by Gasteiger charge is 2.27. The number of halogens is 2. The molecule has 0 aromatic heterocycles. The van der Waals surface area contributed by atoms with Gasteiger partial charge in [-0.2, -0.15) is 0 Å². The molecule has 1 aliphatic rings. The van der Waals surface area contributed by atoms with Crippen LogP contribution in [0.4, 0.5) is 4.39 Å². The van der Waals surface area contributed by atoms with E-state index >= 15 is 0 Å². The quantitative estimate of drug-likeness (QED) is 0.931. The van der Waals surface area contributed by atoms with E-state index in [2.05, 4.69) is 21.2 Å². The zero-order valence-corrected chi connectivity index (χ0v) is 11.4. The molecule has 2 rings (SSSR count). The number of benzene rings is 1. The molecule has 3 nitrogen and oxygen atoms in total. The molecule has 1 atom stereocenters. The summed E-state index contributed by atoms with van der Waals surface area (Å²) in [6.45, 7) is 1.78. The topological polar surface area (TPSA) is 30.5 Å². The smallest absolute Gasteiger partial charge is 0.165 e. The summed E-state index contributed by atoms with van der Waals surface area (Å²) < 4.78 is 24.8. The van der Waals surface area contributed by atoms with Crippen molar-refractivity contribution >= 4 is 15.9 Å². The molecular weight excluding hydrogens is 289 g/mol. The lowest BCUT2D eigenvalue weighted by molar-refractivity contribution is 0.346. The van der Waals surface area contributed by atoms with Crippen LogP contribution in [-0.4, -0.2) is 27.3 Å². The molecule has 1 unspecified atom stereocenters. The number of ether oxygens (including phenoxy) is 2. The van der Waals surface area contributed by atoms with Crippen molar-refractivity contribution in [3.63, 3.8) is 0 Å². The normalized spacial score (nSPS) is 19.4. The monoisotopic (exact) mass is 303 g/mol. The molecule has 0 aliphatic carbocycles. The maximum absolute atomic E-state index is 13.8. The van der Waals surface area contributed by atoms with Crippen LogP contribution in [0.1, 0.15) is 17.9 Å². The van der Waals surface area contributed by atoms with Crippen molar-refractivity contribution in [3.05, 3.63) is 21.9 Å². The minimum atomic E-state index is -0.315. The van der Waals surface area contributed by atoms with Crippen LogP contribution in [0.25, 0.3) is 0 Å². The average molecular weight is 304 g/mol. The standard InChI is InChI=1S/C12H15BrFNO2/c1-16-9-5-8(14)11(13)10(12(9)17-2)7-3-4-15-6-7/h5,7,15H,3-4,6H2,1-2H3. The van der Waals surface area contributed by atoms with E-state index < -0.39 is 0 Å². The second-order valence-electron chi connectivity index (χ2n) is 4.01. The summed E-state index contributed by atoms with van der Waals surface area (Å²) in [4.78, 5) is 0. The van der Waals surface area contributed by atoms with E-state index in [9.17, 15) is 4.39 Å². The molecule has 94 valence electrons. The Balaban J connectivity index is 2.56. The van der Waals surface area contributed by atoms with E-state index in [4.69, 9.17) is 9.47 Å². The first kappa shape index (κ1) is 12.6. The Kier molecular flexibility index (Phi) is 3.89. The van der Waals surface area contributed by atoms with Gasteiger partial charge in [0.05, 0.1) is 18.7 Å². The van der Waals surface area contributed by atoms with Gasteiger partial charge in [-0.3, -0.25) is 0 Å². The number of hydrogen-bond acceptors (Lipinski definition) is 3. The average Bonchev–Trinajstić information content (AvgIpc) is 2.85. The van der Waals surface area contributed by atoms with Crippen molar-refractivity contribution in [1.82, 2.24) is 5.32 Å². The molecule has 1 aliphatic heterocycles. The van der Waals surface area contributed by atoms with Crippen molar-refractivity contribution < 1.29 is 13.9 Å². The fraction of sp³-hybridized carbons (Fsp3) is 0.500.